The van der Waals surface area contributed by atoms with Crippen LogP contribution in [-0.2, 0) is 10.0 Å². The van der Waals surface area contributed by atoms with Gasteiger partial charge in [-0.1, -0.05) is 24.3 Å². The number of ether oxygens (including phenoxy) is 1. The van der Waals surface area contributed by atoms with Crippen molar-refractivity contribution in [3.8, 4) is 22.9 Å². The number of alkyl halides is 1. The number of halogens is 1. The standard InChI is InChI=1S/C29H30FN5O3S/c1-18-16-26(35-39(36,37)21-11-12-21)22-8-2-3-9-23(22)27(18)38-28-24(10-5-14-31-28)25-13-15-32-29(34-25)33-20-7-4-6-19(30)17-20/h2-3,5,8-10,13-16,19-21,35H,4,6-7,11-12,17H2,1H3,(H,32,33,34). The molecule has 0 amide bonds. The van der Waals surface area contributed by atoms with Gasteiger partial charge in [-0.05, 0) is 75.3 Å². The lowest BCUT2D eigenvalue weighted by molar-refractivity contribution is 0.239. The van der Waals surface area contributed by atoms with Gasteiger partial charge >= 0.3 is 0 Å². The number of anilines is 2. The summed E-state index contributed by atoms with van der Waals surface area (Å²) in [5.74, 6) is 1.39. The Labute approximate surface area is 227 Å². The van der Waals surface area contributed by atoms with Gasteiger partial charge in [-0.3, -0.25) is 4.72 Å². The number of nitrogens with one attached hydrogen (secondary N) is 2. The molecule has 2 aliphatic rings. The molecule has 2 unspecified atom stereocenters. The topological polar surface area (TPSA) is 106 Å². The molecule has 2 fully saturated rings. The maximum Gasteiger partial charge on any atom is 0.235 e. The molecule has 2 aromatic carbocycles. The average Bonchev–Trinajstić information content (AvgIpc) is 3.78. The maximum atomic E-state index is 13.9. The molecule has 39 heavy (non-hydrogen) atoms. The van der Waals surface area contributed by atoms with E-state index < -0.39 is 16.2 Å². The molecule has 10 heteroatoms. The van der Waals surface area contributed by atoms with E-state index in [0.29, 0.717) is 60.2 Å². The van der Waals surface area contributed by atoms with Crippen LogP contribution in [0.5, 0.6) is 11.6 Å². The van der Waals surface area contributed by atoms with E-state index in [1.54, 1.807) is 24.5 Å². The Morgan fingerprint density at radius 3 is 2.59 bits per heavy atom. The number of sulfonamides is 1. The summed E-state index contributed by atoms with van der Waals surface area (Å²) in [6.07, 6.45) is 6.68. The second-order valence-corrected chi connectivity index (χ2v) is 12.3. The first-order chi connectivity index (χ1) is 18.9. The second kappa shape index (κ2) is 10.4. The molecule has 0 radical (unpaired) electrons. The minimum absolute atomic E-state index is 0.00140. The van der Waals surface area contributed by atoms with Gasteiger partial charge in [0, 0.05) is 29.2 Å². The van der Waals surface area contributed by atoms with Crippen molar-refractivity contribution in [2.75, 3.05) is 10.0 Å². The number of pyridine rings is 1. The van der Waals surface area contributed by atoms with Crippen molar-refractivity contribution in [1.82, 2.24) is 15.0 Å². The number of aryl methyl sites for hydroxylation is 1. The molecule has 0 saturated heterocycles. The van der Waals surface area contributed by atoms with Crippen LogP contribution < -0.4 is 14.8 Å². The van der Waals surface area contributed by atoms with Crippen molar-refractivity contribution in [2.24, 2.45) is 0 Å². The molecule has 202 valence electrons. The van der Waals surface area contributed by atoms with Crippen LogP contribution in [0.3, 0.4) is 0 Å². The first kappa shape index (κ1) is 25.5. The normalized spacial score (nSPS) is 19.5. The second-order valence-electron chi connectivity index (χ2n) is 10.3. The molecule has 6 rings (SSSR count). The molecule has 0 spiro atoms. The molecule has 2 aliphatic carbocycles. The highest BCUT2D eigenvalue weighted by molar-refractivity contribution is 7.93. The first-order valence-corrected chi connectivity index (χ1v) is 14.8. The minimum Gasteiger partial charge on any atom is -0.437 e. The van der Waals surface area contributed by atoms with E-state index in [0.717, 1.165) is 29.2 Å². The molecule has 0 bridgehead atoms. The van der Waals surface area contributed by atoms with Gasteiger partial charge in [-0.2, -0.15) is 0 Å². The summed E-state index contributed by atoms with van der Waals surface area (Å²) >= 11 is 0. The first-order valence-electron chi connectivity index (χ1n) is 13.3. The van der Waals surface area contributed by atoms with Gasteiger partial charge < -0.3 is 10.1 Å². The van der Waals surface area contributed by atoms with Gasteiger partial charge in [-0.15, -0.1) is 0 Å². The molecular weight excluding hydrogens is 517 g/mol. The molecular formula is C29H30FN5O3S. The van der Waals surface area contributed by atoms with Crippen LogP contribution in [0.4, 0.5) is 16.0 Å². The molecule has 2 N–H and O–H groups in total. The molecule has 2 saturated carbocycles. The minimum atomic E-state index is -3.42. The summed E-state index contributed by atoms with van der Waals surface area (Å²) in [7, 11) is -3.42. The van der Waals surface area contributed by atoms with Crippen molar-refractivity contribution in [1.29, 1.82) is 0 Å². The lowest BCUT2D eigenvalue weighted by atomic mass is 9.94. The van der Waals surface area contributed by atoms with E-state index in [1.165, 1.54) is 0 Å². The van der Waals surface area contributed by atoms with Gasteiger partial charge in [0.2, 0.25) is 21.9 Å². The predicted molar refractivity (Wildman–Crippen MR) is 150 cm³/mol. The van der Waals surface area contributed by atoms with Crippen LogP contribution in [0.2, 0.25) is 0 Å². The quantitative estimate of drug-likeness (QED) is 0.263. The molecule has 4 aromatic rings. The highest BCUT2D eigenvalue weighted by Crippen LogP contribution is 2.41. The Balaban J connectivity index is 1.33. The van der Waals surface area contributed by atoms with Gasteiger partial charge in [0.05, 0.1) is 22.2 Å². The SMILES string of the molecule is Cc1cc(NS(=O)(=O)C2CC2)c2ccccc2c1Oc1ncccc1-c1ccnc(NC2CCCC(F)C2)n1. The van der Waals surface area contributed by atoms with Crippen molar-refractivity contribution in [3.63, 3.8) is 0 Å². The third-order valence-corrected chi connectivity index (χ3v) is 9.09. The Hall–Kier alpha value is -3.79. The van der Waals surface area contributed by atoms with Crippen LogP contribution in [0, 0.1) is 6.92 Å². The summed E-state index contributed by atoms with van der Waals surface area (Å²) in [6, 6.07) is 14.8. The number of nitrogens with zero attached hydrogens (tertiary/aromatic N) is 3. The zero-order valence-corrected chi connectivity index (χ0v) is 22.4. The number of benzene rings is 2. The molecule has 2 heterocycles. The summed E-state index contributed by atoms with van der Waals surface area (Å²) < 4.78 is 48.5. The summed E-state index contributed by atoms with van der Waals surface area (Å²) in [6.45, 7) is 1.88. The maximum absolute atomic E-state index is 13.9. The zero-order chi connectivity index (χ0) is 27.0. The summed E-state index contributed by atoms with van der Waals surface area (Å²) in [5.41, 5.74) is 2.60. The predicted octanol–water partition coefficient (Wildman–Crippen LogP) is 6.39. The molecule has 2 aromatic heterocycles. The smallest absolute Gasteiger partial charge is 0.235 e. The largest absolute Gasteiger partial charge is 0.437 e. The van der Waals surface area contributed by atoms with E-state index in [-0.39, 0.29) is 11.3 Å². The van der Waals surface area contributed by atoms with Crippen molar-refractivity contribution in [3.05, 3.63) is 66.5 Å². The number of fused-ring (bicyclic) bond motifs is 1. The highest BCUT2D eigenvalue weighted by Gasteiger charge is 2.36. The average molecular weight is 548 g/mol. The van der Waals surface area contributed by atoms with Crippen LogP contribution in [0.25, 0.3) is 22.0 Å². The molecule has 2 atom stereocenters. The van der Waals surface area contributed by atoms with E-state index in [9.17, 15) is 12.8 Å². The highest BCUT2D eigenvalue weighted by atomic mass is 32.2. The number of aromatic nitrogens is 3. The van der Waals surface area contributed by atoms with E-state index in [1.807, 2.05) is 43.3 Å². The number of rotatable bonds is 8. The lowest BCUT2D eigenvalue weighted by Crippen LogP contribution is -2.28. The van der Waals surface area contributed by atoms with Gasteiger partial charge in [-0.25, -0.2) is 27.8 Å². The van der Waals surface area contributed by atoms with E-state index in [2.05, 4.69) is 25.0 Å². The fraction of sp³-hybridized carbons (Fsp3) is 0.345. The third-order valence-electron chi connectivity index (χ3n) is 7.24. The zero-order valence-electron chi connectivity index (χ0n) is 21.6. The van der Waals surface area contributed by atoms with Gasteiger partial charge in [0.1, 0.15) is 11.9 Å². The monoisotopic (exact) mass is 547 g/mol. The fourth-order valence-corrected chi connectivity index (χ4v) is 6.51. The summed E-state index contributed by atoms with van der Waals surface area (Å²) in [5, 5.41) is 4.47. The molecule has 8 nitrogen and oxygen atoms in total. The Morgan fingerprint density at radius 2 is 1.79 bits per heavy atom. The van der Waals surface area contributed by atoms with E-state index in [4.69, 9.17) is 4.74 Å². The number of hydrogen-bond acceptors (Lipinski definition) is 7. The van der Waals surface area contributed by atoms with Crippen LogP contribution in [0.15, 0.2) is 60.9 Å². The molecule has 0 aliphatic heterocycles. The Kier molecular flexibility index (Phi) is 6.80. The van der Waals surface area contributed by atoms with Crippen molar-refractivity contribution < 1.29 is 17.5 Å². The van der Waals surface area contributed by atoms with Crippen LogP contribution in [0.1, 0.15) is 44.1 Å². The van der Waals surface area contributed by atoms with Gasteiger partial charge in [0.15, 0.2) is 0 Å². The summed E-state index contributed by atoms with van der Waals surface area (Å²) in [4.78, 5) is 13.5. The lowest BCUT2D eigenvalue weighted by Gasteiger charge is -2.25. The van der Waals surface area contributed by atoms with Crippen LogP contribution >= 0.6 is 0 Å². The van der Waals surface area contributed by atoms with Gasteiger partial charge in [0.25, 0.3) is 0 Å². The van der Waals surface area contributed by atoms with E-state index >= 15 is 0 Å². The van der Waals surface area contributed by atoms with Crippen LogP contribution in [-0.4, -0.2) is 40.8 Å². The Morgan fingerprint density at radius 1 is 0.974 bits per heavy atom. The Bertz CT molecular complexity index is 1630. The number of hydrogen-bond donors (Lipinski definition) is 2. The fourth-order valence-electron chi connectivity index (χ4n) is 5.11. The van der Waals surface area contributed by atoms with Crippen molar-refractivity contribution in [2.45, 2.75) is 62.9 Å². The van der Waals surface area contributed by atoms with Crippen molar-refractivity contribution >= 4 is 32.4 Å². The third kappa shape index (κ3) is 5.52.